The van der Waals surface area contributed by atoms with E-state index in [-0.39, 0.29) is 5.91 Å². The average molecular weight is 462 g/mol. The minimum Gasteiger partial charge on any atom is -0.384 e. The number of amides is 1. The predicted molar refractivity (Wildman–Crippen MR) is 133 cm³/mol. The molecule has 0 bridgehead atoms. The summed E-state index contributed by atoms with van der Waals surface area (Å²) in [5.74, 6) is -0.0588. The Bertz CT molecular complexity index is 1180. The number of thioether (sulfide) groups is 2. The molecule has 0 radical (unpaired) electrons. The van der Waals surface area contributed by atoms with Crippen molar-refractivity contribution < 1.29 is 4.79 Å². The number of anilines is 1. The smallest absolute Gasteiger partial charge is 0.269 e. The summed E-state index contributed by atoms with van der Waals surface area (Å²) in [4.78, 5) is 22.8. The fraction of sp³-hybridized carbons (Fsp3) is 0.208. The van der Waals surface area contributed by atoms with Crippen molar-refractivity contribution in [3.63, 3.8) is 0 Å². The Morgan fingerprint density at radius 2 is 1.97 bits per heavy atom. The van der Waals surface area contributed by atoms with Gasteiger partial charge in [-0.2, -0.15) is 5.26 Å². The predicted octanol–water partition coefficient (Wildman–Crippen LogP) is 5.46. The number of amidine groups is 1. The van der Waals surface area contributed by atoms with Gasteiger partial charge in [0.15, 0.2) is 5.17 Å². The van der Waals surface area contributed by atoms with Gasteiger partial charge in [-0.15, -0.1) is 0 Å². The highest BCUT2D eigenvalue weighted by Crippen LogP contribution is 2.44. The first-order chi connectivity index (χ1) is 15.5. The van der Waals surface area contributed by atoms with Crippen molar-refractivity contribution >= 4 is 46.0 Å². The average Bonchev–Trinajstić information content (AvgIpc) is 3.29. The van der Waals surface area contributed by atoms with E-state index in [0.29, 0.717) is 27.9 Å². The lowest BCUT2D eigenvalue weighted by Gasteiger charge is -2.17. The van der Waals surface area contributed by atoms with Crippen LogP contribution in [0.25, 0.3) is 0 Å². The first-order valence-electron chi connectivity index (χ1n) is 10.2. The third-order valence-electron chi connectivity index (χ3n) is 5.13. The van der Waals surface area contributed by atoms with Crippen LogP contribution in [0.5, 0.6) is 0 Å². The number of hydrogen-bond acceptors (Lipinski definition) is 7. The quantitative estimate of drug-likeness (QED) is 0.596. The molecule has 1 fully saturated rings. The Morgan fingerprint density at radius 1 is 1.19 bits per heavy atom. The Morgan fingerprint density at radius 3 is 2.62 bits per heavy atom. The molecule has 2 aliphatic heterocycles. The van der Waals surface area contributed by atoms with Crippen molar-refractivity contribution in [1.82, 2.24) is 9.80 Å². The number of carbonyl (C=O) groups is 1. The highest BCUT2D eigenvalue weighted by Gasteiger charge is 2.38. The third-order valence-corrected chi connectivity index (χ3v) is 7.48. The normalized spacial score (nSPS) is 19.5. The van der Waals surface area contributed by atoms with E-state index in [1.807, 2.05) is 67.6 Å². The van der Waals surface area contributed by atoms with E-state index >= 15 is 0 Å². The second kappa shape index (κ2) is 9.55. The van der Waals surface area contributed by atoms with Crippen LogP contribution in [0.1, 0.15) is 25.0 Å². The molecule has 0 aromatic heterocycles. The molecule has 2 aromatic carbocycles. The van der Waals surface area contributed by atoms with Crippen molar-refractivity contribution in [2.75, 3.05) is 18.9 Å². The summed E-state index contributed by atoms with van der Waals surface area (Å²) in [6.07, 6.45) is 0. The second-order valence-corrected chi connectivity index (χ2v) is 9.15. The molecular formula is C24H23N5OS2. The minimum atomic E-state index is -0.0588. The van der Waals surface area contributed by atoms with Gasteiger partial charge in [0, 0.05) is 19.3 Å². The van der Waals surface area contributed by atoms with Crippen molar-refractivity contribution in [1.29, 1.82) is 5.26 Å². The maximum Gasteiger partial charge on any atom is 0.269 e. The lowest BCUT2D eigenvalue weighted by Crippen LogP contribution is -2.29. The van der Waals surface area contributed by atoms with Gasteiger partial charge in [-0.3, -0.25) is 9.69 Å². The molecule has 6 nitrogen and oxygen atoms in total. The zero-order valence-corrected chi connectivity index (χ0v) is 19.8. The molecule has 2 aliphatic rings. The summed E-state index contributed by atoms with van der Waals surface area (Å²) in [6.45, 7) is 5.19. The topological polar surface area (TPSA) is 71.7 Å². The number of aliphatic imine (C=N–C) groups is 1. The first-order valence-corrected chi connectivity index (χ1v) is 11.9. The van der Waals surface area contributed by atoms with Gasteiger partial charge in [-0.05, 0) is 54.8 Å². The lowest BCUT2D eigenvalue weighted by molar-refractivity contribution is -0.122. The van der Waals surface area contributed by atoms with Crippen LogP contribution in [0.15, 0.2) is 74.6 Å². The molecule has 2 heterocycles. The summed E-state index contributed by atoms with van der Waals surface area (Å²) in [7, 11) is 1.97. The maximum atomic E-state index is 13.5. The molecule has 4 rings (SSSR count). The van der Waals surface area contributed by atoms with E-state index in [1.165, 1.54) is 11.8 Å². The van der Waals surface area contributed by atoms with Gasteiger partial charge in [0.2, 0.25) is 0 Å². The molecule has 8 heteroatoms. The number of hydrogen-bond donors (Lipinski definition) is 1. The Balaban J connectivity index is 1.79. The number of allylic oxidation sites excluding steroid dienone is 1. The largest absolute Gasteiger partial charge is 0.384 e. The van der Waals surface area contributed by atoms with Crippen LogP contribution in [0.3, 0.4) is 0 Å². The second-order valence-electron chi connectivity index (χ2n) is 7.32. The van der Waals surface area contributed by atoms with Gasteiger partial charge in [-0.25, -0.2) is 4.99 Å². The molecule has 0 spiro atoms. The summed E-state index contributed by atoms with van der Waals surface area (Å²) in [5.41, 5.74) is 4.13. The number of nitrogens with one attached hydrogen (secondary N) is 1. The van der Waals surface area contributed by atoms with Gasteiger partial charge in [-0.1, -0.05) is 42.1 Å². The van der Waals surface area contributed by atoms with E-state index in [9.17, 15) is 10.1 Å². The van der Waals surface area contributed by atoms with Gasteiger partial charge in [0.1, 0.15) is 4.91 Å². The molecular weight excluding hydrogens is 438 g/mol. The molecule has 0 unspecified atom stereocenters. The molecule has 162 valence electrons. The number of nitrogens with zero attached hydrogens (tertiary/aromatic N) is 4. The van der Waals surface area contributed by atoms with E-state index in [4.69, 9.17) is 4.99 Å². The van der Waals surface area contributed by atoms with E-state index in [1.54, 1.807) is 28.8 Å². The molecule has 32 heavy (non-hydrogen) atoms. The zero-order chi connectivity index (χ0) is 22.7. The molecule has 0 atom stereocenters. The molecule has 1 amide bonds. The maximum absolute atomic E-state index is 13.5. The van der Waals surface area contributed by atoms with Gasteiger partial charge in [0.25, 0.3) is 5.91 Å². The molecule has 0 saturated carbocycles. The van der Waals surface area contributed by atoms with Gasteiger partial charge in [0.05, 0.1) is 34.6 Å². The van der Waals surface area contributed by atoms with Crippen LogP contribution in [0.2, 0.25) is 0 Å². The number of carbonyl (C=O) groups excluding carboxylic acids is 1. The highest BCUT2D eigenvalue weighted by molar-refractivity contribution is 8.19. The van der Waals surface area contributed by atoms with E-state index in [0.717, 1.165) is 28.5 Å². The Labute approximate surface area is 196 Å². The van der Waals surface area contributed by atoms with Gasteiger partial charge < -0.3 is 10.2 Å². The van der Waals surface area contributed by atoms with Gasteiger partial charge >= 0.3 is 0 Å². The summed E-state index contributed by atoms with van der Waals surface area (Å²) in [6, 6.07) is 17.4. The van der Waals surface area contributed by atoms with Crippen molar-refractivity contribution in [3.8, 4) is 6.07 Å². The minimum absolute atomic E-state index is 0.0588. The number of benzene rings is 2. The van der Waals surface area contributed by atoms with Crippen LogP contribution in [0.4, 0.5) is 11.4 Å². The van der Waals surface area contributed by atoms with E-state index in [2.05, 4.69) is 11.4 Å². The number of nitriles is 1. The first kappa shape index (κ1) is 22.1. The van der Waals surface area contributed by atoms with Crippen LogP contribution in [-0.2, 0) is 11.3 Å². The fourth-order valence-electron chi connectivity index (χ4n) is 3.33. The Kier molecular flexibility index (Phi) is 6.58. The molecule has 1 saturated heterocycles. The molecule has 2 aromatic rings. The molecule has 1 N–H and O–H groups in total. The fourth-order valence-corrected chi connectivity index (χ4v) is 5.54. The summed E-state index contributed by atoms with van der Waals surface area (Å²) < 4.78 is 0. The monoisotopic (exact) mass is 461 g/mol. The van der Waals surface area contributed by atoms with E-state index < -0.39 is 0 Å². The highest BCUT2D eigenvalue weighted by atomic mass is 32.2. The lowest BCUT2D eigenvalue weighted by atomic mass is 10.2. The SMILES string of the molecule is CCNc1ccc(C#N)cc1N=C1SC(=C2SC=C(C)N2C)C(=O)N1Cc1ccccc1. The summed E-state index contributed by atoms with van der Waals surface area (Å²) in [5, 5.41) is 16.2. The van der Waals surface area contributed by atoms with Crippen molar-refractivity contribution in [3.05, 3.63) is 80.7 Å². The van der Waals surface area contributed by atoms with Crippen LogP contribution in [0, 0.1) is 11.3 Å². The zero-order valence-electron chi connectivity index (χ0n) is 18.1. The number of rotatable bonds is 5. The van der Waals surface area contributed by atoms with Crippen LogP contribution >= 0.6 is 23.5 Å². The molecule has 0 aliphatic carbocycles. The van der Waals surface area contributed by atoms with Crippen molar-refractivity contribution in [2.45, 2.75) is 20.4 Å². The Hall–Kier alpha value is -3.15. The van der Waals surface area contributed by atoms with Crippen LogP contribution < -0.4 is 5.32 Å². The van der Waals surface area contributed by atoms with Crippen molar-refractivity contribution in [2.24, 2.45) is 4.99 Å². The standard InChI is InChI=1S/C24H23N5OS2/c1-4-26-19-11-10-18(13-25)12-20(19)27-24-29(14-17-8-6-5-7-9-17)22(30)21(32-24)23-28(3)16(2)15-31-23/h5-12,15,26H,4,14H2,1-3H3. The summed E-state index contributed by atoms with van der Waals surface area (Å²) >= 11 is 2.94. The third kappa shape index (κ3) is 4.40. The van der Waals surface area contributed by atoms with Crippen LogP contribution in [-0.4, -0.2) is 34.5 Å².